The first-order chi connectivity index (χ1) is 16.5. The Morgan fingerprint density at radius 1 is 1.09 bits per heavy atom. The molecule has 1 amide bonds. The highest BCUT2D eigenvalue weighted by Gasteiger charge is 2.23. The predicted octanol–water partition coefficient (Wildman–Crippen LogP) is 4.52. The maximum atomic E-state index is 12.7. The minimum Gasteiger partial charge on any atom is -0.507 e. The molecule has 1 fully saturated rings. The average molecular weight is 491 g/mol. The molecule has 0 radical (unpaired) electrons. The van der Waals surface area contributed by atoms with Crippen LogP contribution in [0.25, 0.3) is 6.08 Å². The number of hydrogen-bond acceptors (Lipinski definition) is 7. The second-order valence-electron chi connectivity index (χ2n) is 8.29. The van der Waals surface area contributed by atoms with Gasteiger partial charge in [0.05, 0.1) is 17.3 Å². The molecular weight excluding hydrogens is 460 g/mol. The summed E-state index contributed by atoms with van der Waals surface area (Å²) in [5, 5.41) is 23.3. The molecule has 0 unspecified atom stereocenters. The van der Waals surface area contributed by atoms with Gasteiger partial charge in [-0.15, -0.1) is 0 Å². The van der Waals surface area contributed by atoms with Crippen LogP contribution in [0.4, 0.5) is 0 Å². The van der Waals surface area contributed by atoms with Crippen LogP contribution in [-0.4, -0.2) is 41.3 Å². The van der Waals surface area contributed by atoms with Crippen LogP contribution in [0.2, 0.25) is 5.02 Å². The van der Waals surface area contributed by atoms with Gasteiger partial charge >= 0.3 is 5.97 Å². The molecule has 4 N–H and O–H groups in total. The summed E-state index contributed by atoms with van der Waals surface area (Å²) >= 11 is 6.28. The van der Waals surface area contributed by atoms with Gasteiger partial charge in [0.1, 0.15) is 17.1 Å². The van der Waals surface area contributed by atoms with Gasteiger partial charge in [-0.1, -0.05) is 49.1 Å². The van der Waals surface area contributed by atoms with Crippen molar-refractivity contribution >= 4 is 29.6 Å². The number of amides is 1. The highest BCUT2D eigenvalue weighted by Crippen LogP contribution is 2.38. The quantitative estimate of drug-likeness (QED) is 0.272. The minimum absolute atomic E-state index is 0.0687. The summed E-state index contributed by atoms with van der Waals surface area (Å²) in [6, 6.07) is 1.17. The van der Waals surface area contributed by atoms with E-state index in [1.165, 1.54) is 12.5 Å². The average Bonchev–Trinajstić information content (AvgIpc) is 2.81. The normalized spacial score (nSPS) is 20.3. The molecule has 1 aliphatic carbocycles. The Morgan fingerprint density at radius 3 is 2.62 bits per heavy atom. The molecule has 0 aromatic heterocycles. The summed E-state index contributed by atoms with van der Waals surface area (Å²) in [7, 11) is 0. The number of phenols is 2. The molecule has 9 heteroatoms. The molecule has 1 aliphatic heterocycles. The summed E-state index contributed by atoms with van der Waals surface area (Å²) in [6.07, 6.45) is 16.4. The van der Waals surface area contributed by atoms with Crippen molar-refractivity contribution in [3.05, 3.63) is 52.2 Å². The smallest absolute Gasteiger partial charge is 0.342 e. The zero-order valence-electron chi connectivity index (χ0n) is 19.0. The Labute approximate surface area is 204 Å². The zero-order chi connectivity index (χ0) is 24.3. The number of aromatic hydroxyl groups is 2. The van der Waals surface area contributed by atoms with Crippen LogP contribution in [-0.2, 0) is 14.4 Å². The summed E-state index contributed by atoms with van der Waals surface area (Å²) in [6.45, 7) is -0.0745. The number of phenolic OH excluding ortho intramolecular Hbond substituents is 2. The SMILES string of the molecule is O=C(CONC1=C\c2c(Cl)c(O)cc(O)c2C(=O)OCCC=CCC\C=C\1)NC1CCCCC1. The summed E-state index contributed by atoms with van der Waals surface area (Å²) < 4.78 is 5.27. The van der Waals surface area contributed by atoms with Crippen LogP contribution in [0.3, 0.4) is 0 Å². The van der Waals surface area contributed by atoms with Crippen molar-refractivity contribution in [2.24, 2.45) is 0 Å². The van der Waals surface area contributed by atoms with Crippen molar-refractivity contribution in [1.29, 1.82) is 0 Å². The van der Waals surface area contributed by atoms with Gasteiger partial charge in [0.25, 0.3) is 0 Å². The van der Waals surface area contributed by atoms with E-state index in [2.05, 4.69) is 10.8 Å². The molecule has 0 spiro atoms. The number of cyclic esters (lactones) is 1. The fourth-order valence-electron chi connectivity index (χ4n) is 3.90. The van der Waals surface area contributed by atoms with Gasteiger partial charge in [-0.05, 0) is 44.3 Å². The van der Waals surface area contributed by atoms with Gasteiger partial charge in [-0.3, -0.25) is 15.1 Å². The van der Waals surface area contributed by atoms with Gasteiger partial charge in [-0.25, -0.2) is 4.79 Å². The number of halogens is 1. The van der Waals surface area contributed by atoms with E-state index >= 15 is 0 Å². The van der Waals surface area contributed by atoms with Crippen molar-refractivity contribution in [3.8, 4) is 11.5 Å². The number of fused-ring (bicyclic) bond motifs is 1. The summed E-state index contributed by atoms with van der Waals surface area (Å²) in [4.78, 5) is 30.3. The molecule has 1 aromatic rings. The number of hydrogen-bond donors (Lipinski definition) is 4. The van der Waals surface area contributed by atoms with Crippen LogP contribution in [0.1, 0.15) is 67.3 Å². The summed E-state index contributed by atoms with van der Waals surface area (Å²) in [5.74, 6) is -1.85. The highest BCUT2D eigenvalue weighted by molar-refractivity contribution is 6.34. The number of nitrogens with one attached hydrogen (secondary N) is 2. The number of ether oxygens (including phenoxy) is 1. The van der Waals surface area contributed by atoms with E-state index in [0.29, 0.717) is 12.1 Å². The molecule has 3 rings (SSSR count). The molecule has 34 heavy (non-hydrogen) atoms. The lowest BCUT2D eigenvalue weighted by Gasteiger charge is -2.22. The Balaban J connectivity index is 1.80. The van der Waals surface area contributed by atoms with Crippen molar-refractivity contribution in [1.82, 2.24) is 10.8 Å². The van der Waals surface area contributed by atoms with E-state index in [-0.39, 0.29) is 47.1 Å². The Morgan fingerprint density at radius 2 is 1.82 bits per heavy atom. The van der Waals surface area contributed by atoms with Crippen LogP contribution in [0.15, 0.2) is 36.1 Å². The zero-order valence-corrected chi connectivity index (χ0v) is 19.8. The van der Waals surface area contributed by atoms with E-state index < -0.39 is 11.7 Å². The molecule has 1 heterocycles. The number of carbonyl (C=O) groups is 2. The molecule has 8 nitrogen and oxygen atoms in total. The lowest BCUT2D eigenvalue weighted by molar-refractivity contribution is -0.128. The van der Waals surface area contributed by atoms with E-state index in [1.807, 2.05) is 18.2 Å². The maximum absolute atomic E-state index is 12.7. The van der Waals surface area contributed by atoms with Gasteiger partial charge in [-0.2, -0.15) is 0 Å². The third-order valence-corrected chi connectivity index (χ3v) is 6.01. The Hall–Kier alpha value is -2.97. The van der Waals surface area contributed by atoms with Crippen LogP contribution < -0.4 is 10.8 Å². The van der Waals surface area contributed by atoms with Gasteiger partial charge in [0.15, 0.2) is 6.61 Å². The van der Waals surface area contributed by atoms with E-state index in [0.717, 1.165) is 44.6 Å². The minimum atomic E-state index is -0.771. The largest absolute Gasteiger partial charge is 0.507 e. The standard InChI is InChI=1S/C25H31ClN2O6/c26-24-19-14-18(28-34-16-22(31)27-17-10-7-5-8-11-17)12-6-3-1-2-4-9-13-33-25(32)23(19)20(29)15-21(24)30/h2,4,6,12,14-15,17,28-30H,1,3,5,7-11,13,16H2,(H,27,31)/b4-2?,12-6+,18-14-. The molecule has 1 saturated carbocycles. The molecule has 184 valence electrons. The molecule has 0 bridgehead atoms. The fourth-order valence-corrected chi connectivity index (χ4v) is 4.10. The number of rotatable bonds is 5. The number of benzene rings is 1. The summed E-state index contributed by atoms with van der Waals surface area (Å²) in [5.41, 5.74) is 2.98. The van der Waals surface area contributed by atoms with Crippen LogP contribution in [0, 0.1) is 0 Å². The molecular formula is C25H31ClN2O6. The lowest BCUT2D eigenvalue weighted by atomic mass is 9.95. The Kier molecular flexibility index (Phi) is 9.85. The Bertz CT molecular complexity index is 967. The molecule has 0 atom stereocenters. The van der Waals surface area contributed by atoms with Crippen LogP contribution in [0.5, 0.6) is 11.5 Å². The van der Waals surface area contributed by atoms with E-state index in [1.54, 1.807) is 6.08 Å². The molecule has 0 saturated heterocycles. The first kappa shape index (κ1) is 25.6. The topological polar surface area (TPSA) is 117 Å². The third kappa shape index (κ3) is 7.53. The van der Waals surface area contributed by atoms with Gasteiger partial charge in [0.2, 0.25) is 5.91 Å². The second kappa shape index (κ2) is 13.1. The van der Waals surface area contributed by atoms with Crippen molar-refractivity contribution in [3.63, 3.8) is 0 Å². The highest BCUT2D eigenvalue weighted by atomic mass is 35.5. The first-order valence-electron chi connectivity index (χ1n) is 11.6. The van der Waals surface area contributed by atoms with Crippen molar-refractivity contribution in [2.45, 2.75) is 57.4 Å². The third-order valence-electron chi connectivity index (χ3n) is 5.61. The van der Waals surface area contributed by atoms with Crippen LogP contribution >= 0.6 is 11.6 Å². The van der Waals surface area contributed by atoms with E-state index in [4.69, 9.17) is 21.2 Å². The van der Waals surface area contributed by atoms with E-state index in [9.17, 15) is 19.8 Å². The number of esters is 1. The number of allylic oxidation sites excluding steroid dienone is 3. The second-order valence-corrected chi connectivity index (χ2v) is 8.66. The first-order valence-corrected chi connectivity index (χ1v) is 12.0. The van der Waals surface area contributed by atoms with Gasteiger partial charge < -0.3 is 20.3 Å². The number of carbonyl (C=O) groups excluding carboxylic acids is 2. The van der Waals surface area contributed by atoms with Crippen molar-refractivity contribution in [2.75, 3.05) is 13.2 Å². The molecule has 1 aromatic carbocycles. The lowest BCUT2D eigenvalue weighted by Crippen LogP contribution is -2.39. The van der Waals surface area contributed by atoms with Gasteiger partial charge in [0, 0.05) is 17.7 Å². The number of hydroxylamine groups is 1. The fraction of sp³-hybridized carbons (Fsp3) is 0.440. The molecule has 2 aliphatic rings. The van der Waals surface area contributed by atoms with Crippen molar-refractivity contribution < 1.29 is 29.4 Å². The monoisotopic (exact) mass is 490 g/mol. The maximum Gasteiger partial charge on any atom is 0.342 e. The predicted molar refractivity (Wildman–Crippen MR) is 129 cm³/mol.